The van der Waals surface area contributed by atoms with Crippen molar-refractivity contribution in [1.29, 1.82) is 0 Å². The average molecular weight is 236 g/mol. The quantitative estimate of drug-likeness (QED) is 0.872. The first kappa shape index (κ1) is 12.1. The fourth-order valence-corrected chi connectivity index (χ4v) is 2.69. The standard InChI is InChI=1S/C14H17FO2/c15-10-11-4-6-12(7-5-11)14(13(16)17)8-2-1-3-9-14/h4-7H,1-3,8-10H2,(H,16,17). The maximum atomic E-state index is 12.4. The third kappa shape index (κ3) is 2.19. The normalized spacial score (nSPS) is 18.9. The summed E-state index contributed by atoms with van der Waals surface area (Å²) in [6.45, 7) is -0.500. The van der Waals surface area contributed by atoms with Gasteiger partial charge in [-0.15, -0.1) is 0 Å². The highest BCUT2D eigenvalue weighted by Gasteiger charge is 2.41. The molecular formula is C14H17FO2. The SMILES string of the molecule is O=C(O)C1(c2ccc(CF)cc2)CCCCC1. The molecule has 0 bridgehead atoms. The number of rotatable bonds is 3. The fraction of sp³-hybridized carbons (Fsp3) is 0.500. The van der Waals surface area contributed by atoms with Gasteiger partial charge in [0.1, 0.15) is 6.67 Å². The van der Waals surface area contributed by atoms with E-state index in [9.17, 15) is 14.3 Å². The summed E-state index contributed by atoms with van der Waals surface area (Å²) < 4.78 is 12.4. The van der Waals surface area contributed by atoms with Crippen LogP contribution >= 0.6 is 0 Å². The van der Waals surface area contributed by atoms with Crippen LogP contribution in [-0.2, 0) is 16.9 Å². The number of halogens is 1. The molecule has 2 nitrogen and oxygen atoms in total. The molecule has 17 heavy (non-hydrogen) atoms. The lowest BCUT2D eigenvalue weighted by molar-refractivity contribution is -0.145. The Bertz CT molecular complexity index is 391. The Morgan fingerprint density at radius 1 is 1.18 bits per heavy atom. The van der Waals surface area contributed by atoms with Gasteiger partial charge in [-0.3, -0.25) is 4.79 Å². The molecule has 3 heteroatoms. The third-order valence-electron chi connectivity index (χ3n) is 3.78. The maximum absolute atomic E-state index is 12.4. The van der Waals surface area contributed by atoms with Gasteiger partial charge in [-0.2, -0.15) is 0 Å². The highest BCUT2D eigenvalue weighted by atomic mass is 19.1. The van der Waals surface area contributed by atoms with Crippen LogP contribution in [0.5, 0.6) is 0 Å². The molecule has 1 N–H and O–H groups in total. The minimum Gasteiger partial charge on any atom is -0.481 e. The highest BCUT2D eigenvalue weighted by molar-refractivity contribution is 5.81. The van der Waals surface area contributed by atoms with Gasteiger partial charge in [-0.05, 0) is 24.0 Å². The number of carbonyl (C=O) groups is 1. The van der Waals surface area contributed by atoms with Gasteiger partial charge >= 0.3 is 5.97 Å². The lowest BCUT2D eigenvalue weighted by atomic mass is 9.69. The second-order valence-electron chi connectivity index (χ2n) is 4.78. The molecule has 0 unspecified atom stereocenters. The summed E-state index contributed by atoms with van der Waals surface area (Å²) in [5.74, 6) is -0.745. The Balaban J connectivity index is 2.34. The van der Waals surface area contributed by atoms with Gasteiger partial charge < -0.3 is 5.11 Å². The van der Waals surface area contributed by atoms with E-state index < -0.39 is 18.1 Å². The molecular weight excluding hydrogens is 219 g/mol. The van der Waals surface area contributed by atoms with Crippen molar-refractivity contribution in [3.63, 3.8) is 0 Å². The van der Waals surface area contributed by atoms with Crippen LogP contribution < -0.4 is 0 Å². The van der Waals surface area contributed by atoms with Crippen LogP contribution in [0.15, 0.2) is 24.3 Å². The lowest BCUT2D eigenvalue weighted by Gasteiger charge is -2.33. The third-order valence-corrected chi connectivity index (χ3v) is 3.78. The zero-order valence-corrected chi connectivity index (χ0v) is 9.79. The molecule has 0 amide bonds. The summed E-state index contributed by atoms with van der Waals surface area (Å²) in [6.07, 6.45) is 4.40. The number of carboxylic acid groups (broad SMARTS) is 1. The van der Waals surface area contributed by atoms with Crippen LogP contribution in [0.3, 0.4) is 0 Å². The first-order chi connectivity index (χ1) is 8.19. The molecule has 1 fully saturated rings. The first-order valence-corrected chi connectivity index (χ1v) is 6.08. The molecule has 1 aliphatic rings. The number of benzene rings is 1. The van der Waals surface area contributed by atoms with Crippen LogP contribution in [0, 0.1) is 0 Å². The molecule has 92 valence electrons. The summed E-state index contributed by atoms with van der Waals surface area (Å²) in [5, 5.41) is 9.49. The predicted octanol–water partition coefficient (Wildman–Crippen LogP) is 3.44. The van der Waals surface area contributed by atoms with Gasteiger partial charge in [0, 0.05) is 0 Å². The summed E-state index contributed by atoms with van der Waals surface area (Å²) in [5.41, 5.74) is 0.680. The van der Waals surface area contributed by atoms with Crippen LogP contribution in [-0.4, -0.2) is 11.1 Å². The van der Waals surface area contributed by atoms with Gasteiger partial charge in [0.05, 0.1) is 5.41 Å². The van der Waals surface area contributed by atoms with Gasteiger partial charge in [0.2, 0.25) is 0 Å². The summed E-state index contributed by atoms with van der Waals surface area (Å²) in [7, 11) is 0. The van der Waals surface area contributed by atoms with E-state index in [1.807, 2.05) is 0 Å². The molecule has 1 aliphatic carbocycles. The summed E-state index contributed by atoms with van der Waals surface area (Å²) in [6, 6.07) is 6.92. The highest BCUT2D eigenvalue weighted by Crippen LogP contribution is 2.39. The smallest absolute Gasteiger partial charge is 0.314 e. The number of hydrogen-bond acceptors (Lipinski definition) is 1. The van der Waals surface area contributed by atoms with Gasteiger partial charge in [0.25, 0.3) is 0 Å². The predicted molar refractivity (Wildman–Crippen MR) is 63.7 cm³/mol. The molecule has 0 radical (unpaired) electrons. The Kier molecular flexibility index (Phi) is 3.46. The van der Waals surface area contributed by atoms with Crippen LogP contribution in [0.4, 0.5) is 4.39 Å². The van der Waals surface area contributed by atoms with E-state index in [1.54, 1.807) is 24.3 Å². The topological polar surface area (TPSA) is 37.3 Å². The molecule has 0 aliphatic heterocycles. The second kappa shape index (κ2) is 4.86. The lowest BCUT2D eigenvalue weighted by Crippen LogP contribution is -2.37. The van der Waals surface area contributed by atoms with Crippen molar-refractivity contribution in [2.24, 2.45) is 0 Å². The Labute approximate surface area is 100 Å². The number of alkyl halides is 1. The second-order valence-corrected chi connectivity index (χ2v) is 4.78. The van der Waals surface area contributed by atoms with Gasteiger partial charge in [0.15, 0.2) is 0 Å². The fourth-order valence-electron chi connectivity index (χ4n) is 2.69. The van der Waals surface area contributed by atoms with E-state index in [-0.39, 0.29) is 0 Å². The average Bonchev–Trinajstić information content (AvgIpc) is 2.39. The number of carboxylic acids is 1. The van der Waals surface area contributed by atoms with Crippen molar-refractivity contribution in [2.45, 2.75) is 44.2 Å². The molecule has 0 spiro atoms. The molecule has 2 rings (SSSR count). The van der Waals surface area contributed by atoms with Crippen LogP contribution in [0.2, 0.25) is 0 Å². The molecule has 0 heterocycles. The Morgan fingerprint density at radius 2 is 1.76 bits per heavy atom. The van der Waals surface area contributed by atoms with Crippen molar-refractivity contribution in [1.82, 2.24) is 0 Å². The van der Waals surface area contributed by atoms with Crippen molar-refractivity contribution in [2.75, 3.05) is 0 Å². The first-order valence-electron chi connectivity index (χ1n) is 6.08. The molecule has 1 saturated carbocycles. The minimum atomic E-state index is -0.745. The van der Waals surface area contributed by atoms with E-state index in [1.165, 1.54) is 0 Å². The van der Waals surface area contributed by atoms with Crippen molar-refractivity contribution >= 4 is 5.97 Å². The van der Waals surface area contributed by atoms with Crippen molar-refractivity contribution in [3.05, 3.63) is 35.4 Å². The zero-order chi connectivity index (χ0) is 12.3. The van der Waals surface area contributed by atoms with Gasteiger partial charge in [-0.1, -0.05) is 43.5 Å². The summed E-state index contributed by atoms with van der Waals surface area (Å²) in [4.78, 5) is 11.6. The van der Waals surface area contributed by atoms with E-state index >= 15 is 0 Å². The van der Waals surface area contributed by atoms with Crippen molar-refractivity contribution in [3.8, 4) is 0 Å². The monoisotopic (exact) mass is 236 g/mol. The summed E-state index contributed by atoms with van der Waals surface area (Å²) >= 11 is 0. The van der Waals surface area contributed by atoms with E-state index in [4.69, 9.17) is 0 Å². The van der Waals surface area contributed by atoms with Gasteiger partial charge in [-0.25, -0.2) is 4.39 Å². The molecule has 0 aromatic heterocycles. The molecule has 0 saturated heterocycles. The van der Waals surface area contributed by atoms with Crippen molar-refractivity contribution < 1.29 is 14.3 Å². The molecule has 0 atom stereocenters. The van der Waals surface area contributed by atoms with Crippen LogP contribution in [0.1, 0.15) is 43.2 Å². The van der Waals surface area contributed by atoms with Crippen LogP contribution in [0.25, 0.3) is 0 Å². The largest absolute Gasteiger partial charge is 0.481 e. The Hall–Kier alpha value is -1.38. The number of hydrogen-bond donors (Lipinski definition) is 1. The number of aliphatic carboxylic acids is 1. The molecule has 1 aromatic rings. The maximum Gasteiger partial charge on any atom is 0.314 e. The zero-order valence-electron chi connectivity index (χ0n) is 9.79. The Morgan fingerprint density at radius 3 is 2.24 bits per heavy atom. The van der Waals surface area contributed by atoms with E-state index in [0.717, 1.165) is 24.8 Å². The van der Waals surface area contributed by atoms with E-state index in [0.29, 0.717) is 18.4 Å². The van der Waals surface area contributed by atoms with E-state index in [2.05, 4.69) is 0 Å². The molecule has 1 aromatic carbocycles. The minimum absolute atomic E-state index is 0.500.